The first-order valence-corrected chi connectivity index (χ1v) is 6.08. The molecule has 0 saturated heterocycles. The number of carboxylic acid groups (broad SMARTS) is 1. The molecule has 0 bridgehead atoms. The van der Waals surface area contributed by atoms with Crippen LogP contribution in [0.2, 0.25) is 0 Å². The summed E-state index contributed by atoms with van der Waals surface area (Å²) in [7, 11) is 2.99. The van der Waals surface area contributed by atoms with Crippen molar-refractivity contribution in [1.29, 1.82) is 0 Å². The molecule has 0 saturated carbocycles. The zero-order chi connectivity index (χ0) is 14.7. The van der Waals surface area contributed by atoms with E-state index in [1.54, 1.807) is 6.07 Å². The van der Waals surface area contributed by atoms with Crippen LogP contribution >= 0.6 is 12.4 Å². The number of halogens is 1. The van der Waals surface area contributed by atoms with Crippen molar-refractivity contribution in [3.8, 4) is 23.0 Å². The van der Waals surface area contributed by atoms with Crippen molar-refractivity contribution in [2.45, 2.75) is 12.3 Å². The summed E-state index contributed by atoms with van der Waals surface area (Å²) in [5.41, 5.74) is 6.32. The van der Waals surface area contributed by atoms with Crippen LogP contribution in [0.5, 0.6) is 23.0 Å². The molecular formula is C13H18ClNO6. The number of hydrogen-bond donors (Lipinski definition) is 2. The minimum atomic E-state index is -0.931. The van der Waals surface area contributed by atoms with Crippen LogP contribution in [-0.2, 0) is 4.79 Å². The van der Waals surface area contributed by atoms with Crippen LogP contribution in [0.3, 0.4) is 0 Å². The monoisotopic (exact) mass is 319 g/mol. The Balaban J connectivity index is 0.00000220. The van der Waals surface area contributed by atoms with E-state index in [1.807, 2.05) is 0 Å². The van der Waals surface area contributed by atoms with Crippen molar-refractivity contribution < 1.29 is 28.8 Å². The van der Waals surface area contributed by atoms with Gasteiger partial charge in [-0.3, -0.25) is 4.79 Å². The number of carboxylic acids is 1. The molecule has 21 heavy (non-hydrogen) atoms. The molecule has 1 aliphatic heterocycles. The van der Waals surface area contributed by atoms with Gasteiger partial charge in [0.2, 0.25) is 18.3 Å². The van der Waals surface area contributed by atoms with Gasteiger partial charge in [0, 0.05) is 11.5 Å². The van der Waals surface area contributed by atoms with E-state index in [0.29, 0.717) is 28.6 Å². The Labute approximate surface area is 128 Å². The topological polar surface area (TPSA) is 100 Å². The lowest BCUT2D eigenvalue weighted by Gasteiger charge is -2.19. The van der Waals surface area contributed by atoms with Gasteiger partial charge in [-0.2, -0.15) is 0 Å². The molecule has 118 valence electrons. The number of carbonyl (C=O) groups is 1. The van der Waals surface area contributed by atoms with Crippen LogP contribution in [0, 0.1) is 0 Å². The second-order valence-electron chi connectivity index (χ2n) is 4.30. The largest absolute Gasteiger partial charge is 0.493 e. The van der Waals surface area contributed by atoms with Crippen LogP contribution in [0.15, 0.2) is 6.07 Å². The van der Waals surface area contributed by atoms with E-state index < -0.39 is 11.9 Å². The number of rotatable bonds is 6. The maximum absolute atomic E-state index is 10.9. The van der Waals surface area contributed by atoms with E-state index in [0.717, 1.165) is 0 Å². The molecule has 8 heteroatoms. The number of aliphatic carboxylic acids is 1. The zero-order valence-corrected chi connectivity index (χ0v) is 12.6. The highest BCUT2D eigenvalue weighted by Crippen LogP contribution is 2.51. The molecule has 7 nitrogen and oxygen atoms in total. The van der Waals surface area contributed by atoms with Gasteiger partial charge in [0.25, 0.3) is 0 Å². The van der Waals surface area contributed by atoms with E-state index in [1.165, 1.54) is 14.2 Å². The molecule has 2 rings (SSSR count). The van der Waals surface area contributed by atoms with Gasteiger partial charge in [0.05, 0.1) is 20.6 Å². The Hall–Kier alpha value is -1.86. The molecule has 3 N–H and O–H groups in total. The molecule has 0 radical (unpaired) electrons. The molecule has 0 fully saturated rings. The average molecular weight is 320 g/mol. The third-order valence-corrected chi connectivity index (χ3v) is 3.16. The van der Waals surface area contributed by atoms with Crippen LogP contribution in [0.1, 0.15) is 17.9 Å². The van der Waals surface area contributed by atoms with Crippen LogP contribution in [-0.4, -0.2) is 38.6 Å². The minimum absolute atomic E-state index is 0. The quantitative estimate of drug-likeness (QED) is 0.816. The van der Waals surface area contributed by atoms with Crippen molar-refractivity contribution >= 4 is 18.4 Å². The molecule has 0 amide bonds. The van der Waals surface area contributed by atoms with Gasteiger partial charge in [0.15, 0.2) is 11.5 Å². The van der Waals surface area contributed by atoms with E-state index >= 15 is 0 Å². The summed E-state index contributed by atoms with van der Waals surface area (Å²) in [6.07, 6.45) is -0.102. The maximum Gasteiger partial charge on any atom is 0.304 e. The number of nitrogens with two attached hydrogens (primary N) is 1. The average Bonchev–Trinajstić information content (AvgIpc) is 2.92. The molecule has 1 aromatic carbocycles. The van der Waals surface area contributed by atoms with Gasteiger partial charge in [-0.1, -0.05) is 0 Å². The first-order valence-electron chi connectivity index (χ1n) is 6.08. The Morgan fingerprint density at radius 3 is 2.57 bits per heavy atom. The summed E-state index contributed by atoms with van der Waals surface area (Å²) in [5.74, 6) is 0.460. The highest BCUT2D eigenvalue weighted by atomic mass is 35.5. The van der Waals surface area contributed by atoms with Crippen LogP contribution in [0.25, 0.3) is 0 Å². The van der Waals surface area contributed by atoms with Crippen molar-refractivity contribution in [1.82, 2.24) is 0 Å². The first-order chi connectivity index (χ1) is 9.62. The summed E-state index contributed by atoms with van der Waals surface area (Å²) >= 11 is 0. The van der Waals surface area contributed by atoms with Crippen molar-refractivity contribution in [3.63, 3.8) is 0 Å². The van der Waals surface area contributed by atoms with Crippen LogP contribution in [0.4, 0.5) is 0 Å². The van der Waals surface area contributed by atoms with E-state index in [4.69, 9.17) is 29.8 Å². The molecule has 0 spiro atoms. The van der Waals surface area contributed by atoms with Gasteiger partial charge >= 0.3 is 5.97 Å². The second kappa shape index (κ2) is 7.24. The molecule has 1 unspecified atom stereocenters. The minimum Gasteiger partial charge on any atom is -0.493 e. The van der Waals surface area contributed by atoms with Crippen molar-refractivity contribution in [3.05, 3.63) is 11.6 Å². The van der Waals surface area contributed by atoms with Crippen LogP contribution < -0.4 is 24.7 Å². The maximum atomic E-state index is 10.9. The number of hydrogen-bond acceptors (Lipinski definition) is 6. The molecule has 0 aromatic heterocycles. The van der Waals surface area contributed by atoms with Gasteiger partial charge in [0.1, 0.15) is 0 Å². The third-order valence-electron chi connectivity index (χ3n) is 3.16. The summed E-state index contributed by atoms with van der Waals surface area (Å²) < 4.78 is 21.3. The smallest absolute Gasteiger partial charge is 0.304 e. The summed E-state index contributed by atoms with van der Waals surface area (Å²) in [4.78, 5) is 10.9. The number of fused-ring (bicyclic) bond motifs is 1. The Morgan fingerprint density at radius 2 is 2.05 bits per heavy atom. The SMILES string of the molecule is COc1cc(C(CN)CC(=O)O)c(OC)c2c1OCO2.Cl. The second-order valence-corrected chi connectivity index (χ2v) is 4.30. The predicted molar refractivity (Wildman–Crippen MR) is 77.0 cm³/mol. The normalized spacial score (nSPS) is 13.3. The fourth-order valence-electron chi connectivity index (χ4n) is 2.23. The zero-order valence-electron chi connectivity index (χ0n) is 11.8. The summed E-state index contributed by atoms with van der Waals surface area (Å²) in [6.45, 7) is 0.239. The molecule has 1 aromatic rings. The fraction of sp³-hybridized carbons (Fsp3) is 0.462. The highest BCUT2D eigenvalue weighted by Gasteiger charge is 2.30. The lowest BCUT2D eigenvalue weighted by atomic mass is 9.94. The summed E-state index contributed by atoms with van der Waals surface area (Å²) in [5, 5.41) is 8.98. The molecule has 0 aliphatic carbocycles. The number of methoxy groups -OCH3 is 2. The predicted octanol–water partition coefficient (Wildman–Crippen LogP) is 1.37. The lowest BCUT2D eigenvalue weighted by molar-refractivity contribution is -0.137. The van der Waals surface area contributed by atoms with E-state index in [-0.39, 0.29) is 32.2 Å². The molecule has 1 atom stereocenters. The van der Waals surface area contributed by atoms with Gasteiger partial charge in [-0.05, 0) is 12.6 Å². The van der Waals surface area contributed by atoms with E-state index in [9.17, 15) is 4.79 Å². The third kappa shape index (κ3) is 3.25. The van der Waals surface area contributed by atoms with Gasteiger partial charge < -0.3 is 29.8 Å². The Morgan fingerprint density at radius 1 is 1.38 bits per heavy atom. The van der Waals surface area contributed by atoms with Gasteiger partial charge in [-0.15, -0.1) is 12.4 Å². The number of ether oxygens (including phenoxy) is 4. The molecular weight excluding hydrogens is 302 g/mol. The molecule has 1 aliphatic rings. The highest BCUT2D eigenvalue weighted by molar-refractivity contribution is 5.85. The summed E-state index contributed by atoms with van der Waals surface area (Å²) in [6, 6.07) is 1.69. The standard InChI is InChI=1S/C13H17NO6.ClH/c1-17-9-4-8(7(5-14)3-10(15)16)11(18-2)13-12(9)19-6-20-13;/h4,7H,3,5-6,14H2,1-2H3,(H,15,16);1H. The Kier molecular flexibility index (Phi) is 5.92. The molecule has 1 heterocycles. The first kappa shape index (κ1) is 17.2. The fourth-order valence-corrected chi connectivity index (χ4v) is 2.23. The number of benzene rings is 1. The Bertz CT molecular complexity index is 522. The lowest BCUT2D eigenvalue weighted by Crippen LogP contribution is -2.17. The van der Waals surface area contributed by atoms with Crippen molar-refractivity contribution in [2.24, 2.45) is 5.73 Å². The van der Waals surface area contributed by atoms with Gasteiger partial charge in [-0.25, -0.2) is 0 Å². The van der Waals surface area contributed by atoms with E-state index in [2.05, 4.69) is 0 Å². The van der Waals surface area contributed by atoms with Crippen molar-refractivity contribution in [2.75, 3.05) is 27.6 Å².